The van der Waals surface area contributed by atoms with E-state index in [4.69, 9.17) is 4.74 Å². The van der Waals surface area contributed by atoms with Crippen molar-refractivity contribution in [3.05, 3.63) is 41.7 Å². The molecular formula is C14H14N6O2S. The van der Waals surface area contributed by atoms with E-state index in [2.05, 4.69) is 25.8 Å². The van der Waals surface area contributed by atoms with Gasteiger partial charge in [-0.3, -0.25) is 10.1 Å². The Hall–Kier alpha value is -2.81. The lowest BCUT2D eigenvalue weighted by Crippen LogP contribution is -2.30. The average Bonchev–Trinajstić information content (AvgIpc) is 3.20. The van der Waals surface area contributed by atoms with E-state index in [9.17, 15) is 4.79 Å². The SMILES string of the molecule is Cc1csc(NC(=O)[C@H](C)Oc2ccc(-n3cnnn3)cc2)n1. The highest BCUT2D eigenvalue weighted by Crippen LogP contribution is 2.18. The molecule has 0 saturated carbocycles. The maximum absolute atomic E-state index is 12.1. The molecule has 2 heterocycles. The van der Waals surface area contributed by atoms with Crippen LogP contribution in [0.5, 0.6) is 5.75 Å². The van der Waals surface area contributed by atoms with Crippen LogP contribution in [0, 0.1) is 6.92 Å². The highest BCUT2D eigenvalue weighted by atomic mass is 32.1. The number of hydrogen-bond donors (Lipinski definition) is 1. The van der Waals surface area contributed by atoms with Crippen LogP contribution < -0.4 is 10.1 Å². The number of aromatic nitrogens is 5. The van der Waals surface area contributed by atoms with Crippen molar-refractivity contribution in [3.8, 4) is 11.4 Å². The molecule has 0 unspecified atom stereocenters. The number of hydrogen-bond acceptors (Lipinski definition) is 7. The first kappa shape index (κ1) is 15.1. The smallest absolute Gasteiger partial charge is 0.266 e. The Morgan fingerprint density at radius 3 is 2.74 bits per heavy atom. The van der Waals surface area contributed by atoms with Gasteiger partial charge in [0.15, 0.2) is 11.2 Å². The lowest BCUT2D eigenvalue weighted by molar-refractivity contribution is -0.122. The van der Waals surface area contributed by atoms with E-state index in [1.165, 1.54) is 22.3 Å². The number of tetrazole rings is 1. The second-order valence-corrected chi connectivity index (χ2v) is 5.65. The molecule has 0 saturated heterocycles. The van der Waals surface area contributed by atoms with Crippen molar-refractivity contribution in [2.45, 2.75) is 20.0 Å². The molecule has 8 nitrogen and oxygen atoms in total. The molecule has 9 heteroatoms. The zero-order chi connectivity index (χ0) is 16.2. The largest absolute Gasteiger partial charge is 0.481 e. The van der Waals surface area contributed by atoms with Gasteiger partial charge < -0.3 is 4.74 Å². The number of carbonyl (C=O) groups excluding carboxylic acids is 1. The first-order valence-corrected chi connectivity index (χ1v) is 7.73. The van der Waals surface area contributed by atoms with Crippen LogP contribution >= 0.6 is 11.3 Å². The molecule has 3 rings (SSSR count). The van der Waals surface area contributed by atoms with Gasteiger partial charge in [0.2, 0.25) is 0 Å². The molecule has 0 bridgehead atoms. The summed E-state index contributed by atoms with van der Waals surface area (Å²) in [6.45, 7) is 3.56. The van der Waals surface area contributed by atoms with Crippen LogP contribution in [0.3, 0.4) is 0 Å². The Bertz CT molecular complexity index is 784. The summed E-state index contributed by atoms with van der Waals surface area (Å²) in [7, 11) is 0. The highest BCUT2D eigenvalue weighted by Gasteiger charge is 2.16. The molecular weight excluding hydrogens is 316 g/mol. The van der Waals surface area contributed by atoms with Crippen LogP contribution in [0.25, 0.3) is 5.69 Å². The number of benzene rings is 1. The second-order valence-electron chi connectivity index (χ2n) is 4.79. The van der Waals surface area contributed by atoms with Gasteiger partial charge in [-0.15, -0.1) is 16.4 Å². The van der Waals surface area contributed by atoms with Gasteiger partial charge in [-0.25, -0.2) is 9.67 Å². The summed E-state index contributed by atoms with van der Waals surface area (Å²) in [5.74, 6) is 0.337. The molecule has 0 aliphatic heterocycles. The van der Waals surface area contributed by atoms with E-state index in [0.717, 1.165) is 11.4 Å². The number of anilines is 1. The molecule has 0 aliphatic rings. The summed E-state index contributed by atoms with van der Waals surface area (Å²) < 4.78 is 7.16. The van der Waals surface area contributed by atoms with Gasteiger partial charge >= 0.3 is 0 Å². The standard InChI is InChI=1S/C14H14N6O2S/c1-9-7-23-14(16-9)17-13(21)10(2)22-12-5-3-11(4-6-12)20-8-15-18-19-20/h3-8,10H,1-2H3,(H,16,17,21)/t10-/m0/s1. The average molecular weight is 330 g/mol. The topological polar surface area (TPSA) is 94.8 Å². The Morgan fingerprint density at radius 1 is 1.35 bits per heavy atom. The summed E-state index contributed by atoms with van der Waals surface area (Å²) in [4.78, 5) is 16.3. The fourth-order valence-corrected chi connectivity index (χ4v) is 2.52. The molecule has 0 fully saturated rings. The molecule has 1 amide bonds. The molecule has 0 aliphatic carbocycles. The molecule has 2 aromatic heterocycles. The number of nitrogens with zero attached hydrogens (tertiary/aromatic N) is 5. The van der Waals surface area contributed by atoms with Crippen LogP contribution in [0.2, 0.25) is 0 Å². The Morgan fingerprint density at radius 2 is 2.13 bits per heavy atom. The van der Waals surface area contributed by atoms with Crippen molar-refractivity contribution in [3.63, 3.8) is 0 Å². The molecule has 1 N–H and O–H groups in total. The van der Waals surface area contributed by atoms with Gasteiger partial charge in [0.1, 0.15) is 12.1 Å². The Labute approximate surface area is 136 Å². The van der Waals surface area contributed by atoms with Crippen LogP contribution in [0.15, 0.2) is 36.0 Å². The lowest BCUT2D eigenvalue weighted by Gasteiger charge is -2.14. The van der Waals surface area contributed by atoms with Gasteiger partial charge in [-0.05, 0) is 48.5 Å². The van der Waals surface area contributed by atoms with Crippen molar-refractivity contribution in [2.24, 2.45) is 0 Å². The first-order chi connectivity index (χ1) is 11.1. The lowest BCUT2D eigenvalue weighted by atomic mass is 10.3. The van der Waals surface area contributed by atoms with Crippen molar-refractivity contribution in [1.29, 1.82) is 0 Å². The molecule has 3 aromatic rings. The van der Waals surface area contributed by atoms with E-state index >= 15 is 0 Å². The summed E-state index contributed by atoms with van der Waals surface area (Å²) in [6, 6.07) is 7.13. The van der Waals surface area contributed by atoms with Crippen molar-refractivity contribution >= 4 is 22.4 Å². The van der Waals surface area contributed by atoms with Gasteiger partial charge in [0.25, 0.3) is 5.91 Å². The molecule has 0 spiro atoms. The number of carbonyl (C=O) groups is 1. The summed E-state index contributed by atoms with van der Waals surface area (Å²) in [5, 5.41) is 16.1. The van der Waals surface area contributed by atoms with E-state index in [1.54, 1.807) is 31.2 Å². The van der Waals surface area contributed by atoms with Crippen LogP contribution in [0.4, 0.5) is 5.13 Å². The minimum Gasteiger partial charge on any atom is -0.481 e. The predicted octanol–water partition coefficient (Wildman–Crippen LogP) is 1.83. The van der Waals surface area contributed by atoms with Gasteiger partial charge in [0, 0.05) is 5.38 Å². The number of nitrogens with one attached hydrogen (secondary N) is 1. The molecule has 0 radical (unpaired) electrons. The first-order valence-electron chi connectivity index (χ1n) is 6.85. The number of thiazole rings is 1. The van der Waals surface area contributed by atoms with Gasteiger partial charge in [-0.2, -0.15) is 0 Å². The predicted molar refractivity (Wildman–Crippen MR) is 84.7 cm³/mol. The third kappa shape index (κ3) is 3.69. The fraction of sp³-hybridized carbons (Fsp3) is 0.214. The third-order valence-electron chi connectivity index (χ3n) is 2.98. The molecule has 1 atom stereocenters. The van der Waals surface area contributed by atoms with Crippen LogP contribution in [-0.2, 0) is 4.79 Å². The second kappa shape index (κ2) is 6.53. The quantitative estimate of drug-likeness (QED) is 0.767. The van der Waals surface area contributed by atoms with Gasteiger partial charge in [-0.1, -0.05) is 0 Å². The van der Waals surface area contributed by atoms with E-state index in [-0.39, 0.29) is 5.91 Å². The number of aryl methyl sites for hydroxylation is 1. The normalized spacial score (nSPS) is 11.9. The monoisotopic (exact) mass is 330 g/mol. The summed E-state index contributed by atoms with van der Waals surface area (Å²) in [5.41, 5.74) is 1.68. The van der Waals surface area contributed by atoms with Crippen molar-refractivity contribution < 1.29 is 9.53 Å². The van der Waals surface area contributed by atoms with Crippen LogP contribution in [-0.4, -0.2) is 37.2 Å². The minimum atomic E-state index is -0.641. The number of rotatable bonds is 5. The van der Waals surface area contributed by atoms with Gasteiger partial charge in [0.05, 0.1) is 11.4 Å². The fourth-order valence-electron chi connectivity index (χ4n) is 1.83. The number of ether oxygens (including phenoxy) is 1. The van der Waals surface area contributed by atoms with E-state index in [0.29, 0.717) is 10.9 Å². The van der Waals surface area contributed by atoms with E-state index in [1.807, 2.05) is 12.3 Å². The molecule has 23 heavy (non-hydrogen) atoms. The Balaban J connectivity index is 1.61. The summed E-state index contributed by atoms with van der Waals surface area (Å²) >= 11 is 1.38. The molecule has 118 valence electrons. The maximum atomic E-state index is 12.1. The third-order valence-corrected chi connectivity index (χ3v) is 3.86. The van der Waals surface area contributed by atoms with Crippen LogP contribution in [0.1, 0.15) is 12.6 Å². The van der Waals surface area contributed by atoms with E-state index < -0.39 is 6.10 Å². The summed E-state index contributed by atoms with van der Waals surface area (Å²) in [6.07, 6.45) is 0.861. The highest BCUT2D eigenvalue weighted by molar-refractivity contribution is 7.13. The zero-order valence-corrected chi connectivity index (χ0v) is 13.3. The Kier molecular flexibility index (Phi) is 4.29. The number of amides is 1. The minimum absolute atomic E-state index is 0.246. The zero-order valence-electron chi connectivity index (χ0n) is 12.5. The van der Waals surface area contributed by atoms with Crippen molar-refractivity contribution in [2.75, 3.05) is 5.32 Å². The maximum Gasteiger partial charge on any atom is 0.266 e. The van der Waals surface area contributed by atoms with Crippen molar-refractivity contribution in [1.82, 2.24) is 25.2 Å². The molecule has 1 aromatic carbocycles.